The number of hydrogen-bond acceptors (Lipinski definition) is 2. The molecule has 0 spiro atoms. The SMILES string of the molecule is CC(C)C(C)S(=O)(=O)N=Cc1ccccc1. The molecule has 16 heavy (non-hydrogen) atoms. The molecule has 0 aliphatic carbocycles. The summed E-state index contributed by atoms with van der Waals surface area (Å²) in [4.78, 5) is 0. The van der Waals surface area contributed by atoms with E-state index < -0.39 is 15.3 Å². The summed E-state index contributed by atoms with van der Waals surface area (Å²) in [5, 5.41) is -0.451. The van der Waals surface area contributed by atoms with E-state index in [-0.39, 0.29) is 5.92 Å². The van der Waals surface area contributed by atoms with Gasteiger partial charge >= 0.3 is 0 Å². The van der Waals surface area contributed by atoms with Crippen molar-refractivity contribution in [2.24, 2.45) is 10.3 Å². The van der Waals surface area contributed by atoms with Crippen molar-refractivity contribution in [3.05, 3.63) is 35.9 Å². The lowest BCUT2D eigenvalue weighted by atomic mass is 10.2. The highest BCUT2D eigenvalue weighted by molar-refractivity contribution is 7.90. The summed E-state index contributed by atoms with van der Waals surface area (Å²) in [5.74, 6) is 0.0675. The van der Waals surface area contributed by atoms with Crippen molar-refractivity contribution in [1.29, 1.82) is 0 Å². The van der Waals surface area contributed by atoms with Crippen molar-refractivity contribution >= 4 is 16.2 Å². The van der Waals surface area contributed by atoms with Gasteiger partial charge in [-0.3, -0.25) is 0 Å². The van der Waals surface area contributed by atoms with Gasteiger partial charge in [0.05, 0.1) is 5.25 Å². The molecule has 1 aromatic rings. The highest BCUT2D eigenvalue weighted by atomic mass is 32.2. The predicted molar refractivity (Wildman–Crippen MR) is 67.3 cm³/mol. The van der Waals surface area contributed by atoms with Crippen molar-refractivity contribution in [1.82, 2.24) is 0 Å². The fourth-order valence-corrected chi connectivity index (χ4v) is 2.26. The molecule has 0 saturated carbocycles. The zero-order valence-electron chi connectivity index (χ0n) is 9.79. The molecule has 0 fully saturated rings. The van der Waals surface area contributed by atoms with Crippen LogP contribution in [0, 0.1) is 5.92 Å². The molecule has 1 rings (SSSR count). The topological polar surface area (TPSA) is 46.5 Å². The number of sulfonamides is 1. The standard InChI is InChI=1S/C12H17NO2S/c1-10(2)11(3)16(14,15)13-9-12-7-5-4-6-8-12/h4-11H,1-3H3. The fourth-order valence-electron chi connectivity index (χ4n) is 1.11. The Kier molecular flexibility index (Phi) is 4.24. The Balaban J connectivity index is 2.86. The first kappa shape index (κ1) is 12.9. The molecule has 1 aromatic carbocycles. The first-order chi connectivity index (χ1) is 7.43. The maximum atomic E-state index is 11.7. The Morgan fingerprint density at radius 1 is 1.12 bits per heavy atom. The molecular weight excluding hydrogens is 222 g/mol. The molecule has 0 saturated heterocycles. The minimum absolute atomic E-state index is 0.0675. The van der Waals surface area contributed by atoms with Crippen molar-refractivity contribution in [2.45, 2.75) is 26.0 Å². The molecule has 88 valence electrons. The van der Waals surface area contributed by atoms with E-state index in [0.717, 1.165) is 5.56 Å². The van der Waals surface area contributed by atoms with Crippen molar-refractivity contribution in [3.8, 4) is 0 Å². The third-order valence-electron chi connectivity index (χ3n) is 2.56. The Bertz CT molecular complexity index is 449. The lowest BCUT2D eigenvalue weighted by Gasteiger charge is -2.12. The van der Waals surface area contributed by atoms with E-state index in [0.29, 0.717) is 0 Å². The van der Waals surface area contributed by atoms with Crippen LogP contribution < -0.4 is 0 Å². The number of rotatable bonds is 4. The third-order valence-corrected chi connectivity index (χ3v) is 4.44. The molecule has 3 nitrogen and oxygen atoms in total. The van der Waals surface area contributed by atoms with E-state index >= 15 is 0 Å². The quantitative estimate of drug-likeness (QED) is 0.758. The average Bonchev–Trinajstić information content (AvgIpc) is 2.27. The minimum Gasteiger partial charge on any atom is -0.204 e. The maximum Gasteiger partial charge on any atom is 0.255 e. The van der Waals surface area contributed by atoms with Gasteiger partial charge in [0.2, 0.25) is 0 Å². The highest BCUT2D eigenvalue weighted by Gasteiger charge is 2.22. The van der Waals surface area contributed by atoms with E-state index in [1.807, 2.05) is 44.2 Å². The molecule has 0 aliphatic heterocycles. The lowest BCUT2D eigenvalue weighted by molar-refractivity contribution is 0.548. The predicted octanol–water partition coefficient (Wildman–Crippen LogP) is 2.48. The van der Waals surface area contributed by atoms with Crippen LogP contribution in [0.4, 0.5) is 0 Å². The van der Waals surface area contributed by atoms with E-state index in [4.69, 9.17) is 0 Å². The minimum atomic E-state index is -3.39. The van der Waals surface area contributed by atoms with Crippen LogP contribution in [-0.2, 0) is 10.0 Å². The van der Waals surface area contributed by atoms with E-state index in [1.54, 1.807) is 6.92 Å². The van der Waals surface area contributed by atoms with Crippen molar-refractivity contribution < 1.29 is 8.42 Å². The van der Waals surface area contributed by atoms with Gasteiger partial charge in [-0.2, -0.15) is 4.40 Å². The normalized spacial score (nSPS) is 14.5. The maximum absolute atomic E-state index is 11.7. The van der Waals surface area contributed by atoms with Crippen LogP contribution in [0.1, 0.15) is 26.3 Å². The Hall–Kier alpha value is -1.16. The van der Waals surface area contributed by atoms with Crippen LogP contribution >= 0.6 is 0 Å². The summed E-state index contributed by atoms with van der Waals surface area (Å²) in [7, 11) is -3.39. The lowest BCUT2D eigenvalue weighted by Crippen LogP contribution is -2.21. The van der Waals surface area contributed by atoms with Crippen LogP contribution in [0.3, 0.4) is 0 Å². The smallest absolute Gasteiger partial charge is 0.204 e. The molecule has 0 amide bonds. The van der Waals surface area contributed by atoms with Gasteiger partial charge in [-0.1, -0.05) is 44.2 Å². The Morgan fingerprint density at radius 2 is 1.69 bits per heavy atom. The van der Waals surface area contributed by atoms with Gasteiger partial charge in [0, 0.05) is 6.21 Å². The number of nitrogens with zero attached hydrogens (tertiary/aromatic N) is 1. The summed E-state index contributed by atoms with van der Waals surface area (Å²) >= 11 is 0. The average molecular weight is 239 g/mol. The molecule has 0 bridgehead atoms. The fraction of sp³-hybridized carbons (Fsp3) is 0.417. The van der Waals surface area contributed by atoms with E-state index in [9.17, 15) is 8.42 Å². The second-order valence-corrected chi connectivity index (χ2v) is 6.09. The van der Waals surface area contributed by atoms with E-state index in [1.165, 1.54) is 6.21 Å². The molecule has 0 heterocycles. The molecule has 0 N–H and O–H groups in total. The largest absolute Gasteiger partial charge is 0.255 e. The van der Waals surface area contributed by atoms with Crippen molar-refractivity contribution in [2.75, 3.05) is 0 Å². The Morgan fingerprint density at radius 3 is 2.19 bits per heavy atom. The summed E-state index contributed by atoms with van der Waals surface area (Å²) in [6.45, 7) is 5.43. The molecule has 0 radical (unpaired) electrons. The molecule has 1 atom stereocenters. The highest BCUT2D eigenvalue weighted by Crippen LogP contribution is 2.13. The number of benzene rings is 1. The molecule has 4 heteroatoms. The molecular formula is C12H17NO2S. The van der Waals surface area contributed by atoms with Gasteiger partial charge in [-0.15, -0.1) is 0 Å². The van der Waals surface area contributed by atoms with Crippen LogP contribution in [-0.4, -0.2) is 19.9 Å². The van der Waals surface area contributed by atoms with Crippen LogP contribution in [0.5, 0.6) is 0 Å². The van der Waals surface area contributed by atoms with Gasteiger partial charge in [-0.05, 0) is 18.4 Å². The summed E-state index contributed by atoms with van der Waals surface area (Å²) in [6, 6.07) is 9.21. The van der Waals surface area contributed by atoms with Gasteiger partial charge in [0.15, 0.2) is 0 Å². The monoisotopic (exact) mass is 239 g/mol. The first-order valence-corrected chi connectivity index (χ1v) is 6.78. The van der Waals surface area contributed by atoms with Gasteiger partial charge in [0.25, 0.3) is 10.0 Å². The molecule has 0 aliphatic rings. The van der Waals surface area contributed by atoms with Crippen LogP contribution in [0.15, 0.2) is 34.7 Å². The molecule has 1 unspecified atom stereocenters. The second-order valence-electron chi connectivity index (χ2n) is 4.11. The van der Waals surface area contributed by atoms with Gasteiger partial charge < -0.3 is 0 Å². The van der Waals surface area contributed by atoms with Gasteiger partial charge in [-0.25, -0.2) is 8.42 Å². The second kappa shape index (κ2) is 5.25. The van der Waals surface area contributed by atoms with Crippen molar-refractivity contribution in [3.63, 3.8) is 0 Å². The first-order valence-electron chi connectivity index (χ1n) is 5.27. The zero-order chi connectivity index (χ0) is 12.2. The van der Waals surface area contributed by atoms with Gasteiger partial charge in [0.1, 0.15) is 0 Å². The third kappa shape index (κ3) is 3.45. The Labute approximate surface area is 97.3 Å². The molecule has 0 aromatic heterocycles. The zero-order valence-corrected chi connectivity index (χ0v) is 10.6. The van der Waals surface area contributed by atoms with E-state index in [2.05, 4.69) is 4.40 Å². The summed E-state index contributed by atoms with van der Waals surface area (Å²) < 4.78 is 27.2. The van der Waals surface area contributed by atoms with Crippen LogP contribution in [0.25, 0.3) is 0 Å². The summed E-state index contributed by atoms with van der Waals surface area (Å²) in [6.07, 6.45) is 1.40. The van der Waals surface area contributed by atoms with Crippen LogP contribution in [0.2, 0.25) is 0 Å². The summed E-state index contributed by atoms with van der Waals surface area (Å²) in [5.41, 5.74) is 0.794. The number of hydrogen-bond donors (Lipinski definition) is 0.